The highest BCUT2D eigenvalue weighted by Gasteiger charge is 2.21. The van der Waals surface area contributed by atoms with Crippen LogP contribution in [0.25, 0.3) is 0 Å². The number of benzene rings is 2. The zero-order chi connectivity index (χ0) is 15.4. The molecule has 2 rings (SSSR count). The van der Waals surface area contributed by atoms with Gasteiger partial charge in [-0.2, -0.15) is 0 Å². The van der Waals surface area contributed by atoms with E-state index in [2.05, 4.69) is 5.32 Å². The van der Waals surface area contributed by atoms with E-state index in [1.165, 1.54) is 6.07 Å². The SMILES string of the molecule is CCCNC(c1ccc(Cl)cc1C)c1cccc(F)c1F. The summed E-state index contributed by atoms with van der Waals surface area (Å²) in [6, 6.07) is 9.33. The molecule has 0 aliphatic rings. The third-order valence-electron chi connectivity index (χ3n) is 3.43. The molecule has 1 unspecified atom stereocenters. The van der Waals surface area contributed by atoms with Crippen LogP contribution in [0.3, 0.4) is 0 Å². The summed E-state index contributed by atoms with van der Waals surface area (Å²) >= 11 is 5.97. The summed E-state index contributed by atoms with van der Waals surface area (Å²) < 4.78 is 27.7. The standard InChI is InChI=1S/C17H18ClF2N/c1-3-9-21-17(13-8-7-12(18)10-11(13)2)14-5-4-6-15(19)16(14)20/h4-8,10,17,21H,3,9H2,1-2H3. The van der Waals surface area contributed by atoms with Crippen LogP contribution in [0.4, 0.5) is 8.78 Å². The van der Waals surface area contributed by atoms with Crippen LogP contribution in [0.5, 0.6) is 0 Å². The van der Waals surface area contributed by atoms with Gasteiger partial charge in [0, 0.05) is 10.6 Å². The minimum absolute atomic E-state index is 0.314. The van der Waals surface area contributed by atoms with Crippen LogP contribution in [0.1, 0.15) is 36.1 Å². The van der Waals surface area contributed by atoms with Crippen LogP contribution in [0.2, 0.25) is 5.02 Å². The van der Waals surface area contributed by atoms with Gasteiger partial charge in [0.2, 0.25) is 0 Å². The first kappa shape index (κ1) is 15.9. The molecule has 2 aromatic rings. The number of aryl methyl sites for hydroxylation is 1. The molecule has 21 heavy (non-hydrogen) atoms. The zero-order valence-electron chi connectivity index (χ0n) is 12.1. The Hall–Kier alpha value is -1.45. The van der Waals surface area contributed by atoms with E-state index in [4.69, 9.17) is 11.6 Å². The van der Waals surface area contributed by atoms with Crippen LogP contribution in [0.15, 0.2) is 36.4 Å². The average molecular weight is 310 g/mol. The van der Waals surface area contributed by atoms with Crippen molar-refractivity contribution >= 4 is 11.6 Å². The Morgan fingerprint density at radius 1 is 1.14 bits per heavy atom. The molecule has 2 aromatic carbocycles. The first-order chi connectivity index (χ1) is 10.0. The Bertz CT molecular complexity index is 628. The van der Waals surface area contributed by atoms with E-state index in [-0.39, 0.29) is 0 Å². The number of hydrogen-bond acceptors (Lipinski definition) is 1. The van der Waals surface area contributed by atoms with Crippen LogP contribution in [0, 0.1) is 18.6 Å². The Labute approximate surface area is 128 Å². The second-order valence-corrected chi connectivity index (χ2v) is 5.47. The quantitative estimate of drug-likeness (QED) is 0.818. The second-order valence-electron chi connectivity index (χ2n) is 5.03. The second kappa shape index (κ2) is 7.01. The molecule has 4 heteroatoms. The lowest BCUT2D eigenvalue weighted by Gasteiger charge is -2.22. The lowest BCUT2D eigenvalue weighted by atomic mass is 9.94. The van der Waals surface area contributed by atoms with E-state index in [1.54, 1.807) is 12.1 Å². The Morgan fingerprint density at radius 3 is 2.57 bits per heavy atom. The minimum Gasteiger partial charge on any atom is -0.306 e. The topological polar surface area (TPSA) is 12.0 Å². The molecule has 0 saturated heterocycles. The van der Waals surface area contributed by atoms with Gasteiger partial charge in [0.1, 0.15) is 0 Å². The van der Waals surface area contributed by atoms with E-state index in [1.807, 2.05) is 26.0 Å². The molecule has 112 valence electrons. The first-order valence-electron chi connectivity index (χ1n) is 6.98. The third-order valence-corrected chi connectivity index (χ3v) is 3.67. The largest absolute Gasteiger partial charge is 0.306 e. The molecule has 0 aliphatic carbocycles. The number of rotatable bonds is 5. The van der Waals surface area contributed by atoms with E-state index in [9.17, 15) is 8.78 Å². The van der Waals surface area contributed by atoms with Crippen molar-refractivity contribution in [2.45, 2.75) is 26.3 Å². The fraction of sp³-hybridized carbons (Fsp3) is 0.294. The molecular weight excluding hydrogens is 292 g/mol. The van der Waals surface area contributed by atoms with Crippen molar-refractivity contribution < 1.29 is 8.78 Å². The normalized spacial score (nSPS) is 12.4. The lowest BCUT2D eigenvalue weighted by molar-refractivity contribution is 0.480. The van der Waals surface area contributed by atoms with Crippen molar-refractivity contribution in [3.8, 4) is 0 Å². The van der Waals surface area contributed by atoms with Crippen molar-refractivity contribution in [2.24, 2.45) is 0 Å². The highest BCUT2D eigenvalue weighted by atomic mass is 35.5. The molecule has 1 atom stereocenters. The summed E-state index contributed by atoms with van der Waals surface area (Å²) in [5, 5.41) is 3.91. The number of nitrogens with one attached hydrogen (secondary N) is 1. The van der Waals surface area contributed by atoms with Crippen LogP contribution in [-0.2, 0) is 0 Å². The zero-order valence-corrected chi connectivity index (χ0v) is 12.8. The van der Waals surface area contributed by atoms with Gasteiger partial charge in [0.25, 0.3) is 0 Å². The van der Waals surface area contributed by atoms with Gasteiger partial charge in [-0.3, -0.25) is 0 Å². The molecule has 0 bridgehead atoms. The van der Waals surface area contributed by atoms with Gasteiger partial charge in [0.15, 0.2) is 11.6 Å². The molecule has 0 aromatic heterocycles. The maximum absolute atomic E-state index is 14.1. The highest BCUT2D eigenvalue weighted by Crippen LogP contribution is 2.29. The molecule has 0 radical (unpaired) electrons. The average Bonchev–Trinajstić information content (AvgIpc) is 2.45. The molecule has 0 aliphatic heterocycles. The molecule has 0 heterocycles. The lowest BCUT2D eigenvalue weighted by Crippen LogP contribution is -2.25. The summed E-state index contributed by atoms with van der Waals surface area (Å²) in [6.45, 7) is 4.66. The van der Waals surface area contributed by atoms with Crippen molar-refractivity contribution in [2.75, 3.05) is 6.54 Å². The van der Waals surface area contributed by atoms with Gasteiger partial charge in [0.05, 0.1) is 6.04 Å². The van der Waals surface area contributed by atoms with Gasteiger partial charge in [-0.25, -0.2) is 8.78 Å². The van der Waals surface area contributed by atoms with Crippen molar-refractivity contribution in [1.82, 2.24) is 5.32 Å². The van der Waals surface area contributed by atoms with Crippen LogP contribution < -0.4 is 5.32 Å². The maximum atomic E-state index is 14.1. The van der Waals surface area contributed by atoms with Gasteiger partial charge in [-0.05, 0) is 49.2 Å². The van der Waals surface area contributed by atoms with E-state index < -0.39 is 17.7 Å². The van der Waals surface area contributed by atoms with Gasteiger partial charge >= 0.3 is 0 Å². The summed E-state index contributed by atoms with van der Waals surface area (Å²) in [5.74, 6) is -1.64. The number of hydrogen-bond donors (Lipinski definition) is 1. The van der Waals surface area contributed by atoms with Gasteiger partial charge in [-0.1, -0.05) is 36.7 Å². The number of halogens is 3. The van der Waals surface area contributed by atoms with Gasteiger partial charge in [-0.15, -0.1) is 0 Å². The first-order valence-corrected chi connectivity index (χ1v) is 7.35. The fourth-order valence-corrected chi connectivity index (χ4v) is 2.61. The Kier molecular flexibility index (Phi) is 5.32. The third kappa shape index (κ3) is 3.60. The Morgan fingerprint density at radius 2 is 1.90 bits per heavy atom. The maximum Gasteiger partial charge on any atom is 0.163 e. The smallest absolute Gasteiger partial charge is 0.163 e. The minimum atomic E-state index is -0.831. The molecule has 1 nitrogen and oxygen atoms in total. The van der Waals surface area contributed by atoms with Crippen molar-refractivity contribution in [1.29, 1.82) is 0 Å². The predicted molar refractivity (Wildman–Crippen MR) is 82.7 cm³/mol. The Balaban J connectivity index is 2.49. The van der Waals surface area contributed by atoms with E-state index >= 15 is 0 Å². The van der Waals surface area contributed by atoms with Crippen molar-refractivity contribution in [3.05, 3.63) is 69.7 Å². The highest BCUT2D eigenvalue weighted by molar-refractivity contribution is 6.30. The fourth-order valence-electron chi connectivity index (χ4n) is 2.38. The van der Waals surface area contributed by atoms with Crippen molar-refractivity contribution in [3.63, 3.8) is 0 Å². The summed E-state index contributed by atoms with van der Waals surface area (Å²) in [7, 11) is 0. The molecule has 0 fully saturated rings. The van der Waals surface area contributed by atoms with E-state index in [0.717, 1.165) is 23.6 Å². The molecule has 0 spiro atoms. The molecule has 0 amide bonds. The summed E-state index contributed by atoms with van der Waals surface area (Å²) in [4.78, 5) is 0. The molecular formula is C17H18ClF2N. The van der Waals surface area contributed by atoms with Crippen LogP contribution >= 0.6 is 11.6 Å². The predicted octanol–water partition coefficient (Wildman–Crippen LogP) is 5.02. The molecule has 1 N–H and O–H groups in total. The summed E-state index contributed by atoms with van der Waals surface area (Å²) in [6.07, 6.45) is 0.903. The van der Waals surface area contributed by atoms with E-state index in [0.29, 0.717) is 17.1 Å². The summed E-state index contributed by atoms with van der Waals surface area (Å²) in [5.41, 5.74) is 2.16. The van der Waals surface area contributed by atoms with Gasteiger partial charge < -0.3 is 5.32 Å². The van der Waals surface area contributed by atoms with Crippen LogP contribution in [-0.4, -0.2) is 6.54 Å². The monoisotopic (exact) mass is 309 g/mol. The molecule has 0 saturated carbocycles.